The number of phenolic OH excluding ortho intramolecular Hbond substituents is 1. The molecule has 0 unspecified atom stereocenters. The second kappa shape index (κ2) is 7.21. The number of nitrogens with zero attached hydrogens (tertiary/aromatic N) is 1. The van der Waals surface area contributed by atoms with E-state index >= 15 is 0 Å². The molecule has 0 bridgehead atoms. The van der Waals surface area contributed by atoms with Crippen LogP contribution in [-0.4, -0.2) is 28.5 Å². The van der Waals surface area contributed by atoms with Gasteiger partial charge in [0.1, 0.15) is 11.5 Å². The Hall–Kier alpha value is -2.98. The average molecular weight is 375 g/mol. The summed E-state index contributed by atoms with van der Waals surface area (Å²) in [6.45, 7) is 2.25. The lowest BCUT2D eigenvalue weighted by Crippen LogP contribution is -1.97. The van der Waals surface area contributed by atoms with Gasteiger partial charge in [-0.3, -0.25) is 0 Å². The summed E-state index contributed by atoms with van der Waals surface area (Å²) < 4.78 is 7.59. The highest BCUT2D eigenvalue weighted by molar-refractivity contribution is 6.04. The summed E-state index contributed by atoms with van der Waals surface area (Å²) in [6.07, 6.45) is 1.42. The normalized spacial score (nSPS) is 11.4. The van der Waals surface area contributed by atoms with Gasteiger partial charge in [0.2, 0.25) is 0 Å². The monoisotopic (exact) mass is 375 g/mol. The van der Waals surface area contributed by atoms with Gasteiger partial charge in [0.15, 0.2) is 0 Å². The van der Waals surface area contributed by atoms with Gasteiger partial charge in [0, 0.05) is 30.1 Å². The van der Waals surface area contributed by atoms with Crippen molar-refractivity contribution >= 4 is 21.7 Å². The van der Waals surface area contributed by atoms with Crippen molar-refractivity contribution in [3.63, 3.8) is 0 Å². The highest BCUT2D eigenvalue weighted by Gasteiger charge is 2.22. The summed E-state index contributed by atoms with van der Waals surface area (Å²) in [5.74, 6) is 1.00. The number of aliphatic hydroxyl groups is 1. The van der Waals surface area contributed by atoms with Gasteiger partial charge in [0.05, 0.1) is 12.8 Å². The maximum absolute atomic E-state index is 10.9. The molecule has 1 aromatic heterocycles. The fourth-order valence-electron chi connectivity index (χ4n) is 4.25. The van der Waals surface area contributed by atoms with Gasteiger partial charge in [-0.15, -0.1) is 0 Å². The molecular weight excluding hydrogens is 350 g/mol. The molecule has 2 N–H and O–H groups in total. The summed E-state index contributed by atoms with van der Waals surface area (Å²) in [4.78, 5) is 0. The van der Waals surface area contributed by atoms with Crippen LogP contribution in [0.15, 0.2) is 48.5 Å². The number of aryl methyl sites for hydroxylation is 3. The predicted octanol–water partition coefficient (Wildman–Crippen LogP) is 4.95. The number of aromatic hydroxyl groups is 1. The third-order valence-electron chi connectivity index (χ3n) is 5.56. The SMILES string of the molecule is COc1ccc2ccc(O)c(-c3c(CCCO)c4c(C)cccc4n3C)c2c1. The molecule has 0 amide bonds. The van der Waals surface area contributed by atoms with Crippen molar-refractivity contribution in [2.24, 2.45) is 7.05 Å². The molecule has 0 atom stereocenters. The van der Waals surface area contributed by atoms with E-state index in [1.807, 2.05) is 31.3 Å². The molecule has 0 aliphatic rings. The van der Waals surface area contributed by atoms with Gasteiger partial charge in [-0.2, -0.15) is 0 Å². The summed E-state index contributed by atoms with van der Waals surface area (Å²) in [5.41, 5.74) is 5.29. The number of hydrogen-bond donors (Lipinski definition) is 2. The molecule has 0 spiro atoms. The smallest absolute Gasteiger partial charge is 0.125 e. The highest BCUT2D eigenvalue weighted by atomic mass is 16.5. The number of benzene rings is 3. The molecule has 0 saturated heterocycles. The minimum Gasteiger partial charge on any atom is -0.507 e. The van der Waals surface area contributed by atoms with Crippen molar-refractivity contribution in [1.82, 2.24) is 4.57 Å². The van der Waals surface area contributed by atoms with Crippen LogP contribution in [0.1, 0.15) is 17.5 Å². The summed E-state index contributed by atoms with van der Waals surface area (Å²) >= 11 is 0. The van der Waals surface area contributed by atoms with Crippen LogP contribution in [0.25, 0.3) is 32.9 Å². The van der Waals surface area contributed by atoms with E-state index in [4.69, 9.17) is 4.74 Å². The fourth-order valence-corrected chi connectivity index (χ4v) is 4.25. The van der Waals surface area contributed by atoms with Crippen LogP contribution in [0.2, 0.25) is 0 Å². The summed E-state index contributed by atoms with van der Waals surface area (Å²) in [6, 6.07) is 15.9. The van der Waals surface area contributed by atoms with E-state index in [1.165, 1.54) is 10.9 Å². The van der Waals surface area contributed by atoms with Crippen molar-refractivity contribution in [3.8, 4) is 22.8 Å². The number of fused-ring (bicyclic) bond motifs is 2. The molecular formula is C24H25NO3. The van der Waals surface area contributed by atoms with E-state index in [2.05, 4.69) is 29.7 Å². The fraction of sp³-hybridized carbons (Fsp3) is 0.250. The topological polar surface area (TPSA) is 54.6 Å². The average Bonchev–Trinajstić information content (AvgIpc) is 2.99. The van der Waals surface area contributed by atoms with Crippen molar-refractivity contribution in [1.29, 1.82) is 0 Å². The molecule has 4 rings (SSSR count). The van der Waals surface area contributed by atoms with Crippen LogP contribution in [-0.2, 0) is 13.5 Å². The second-order valence-corrected chi connectivity index (χ2v) is 7.23. The first kappa shape index (κ1) is 18.4. The number of ether oxygens (including phenoxy) is 1. The second-order valence-electron chi connectivity index (χ2n) is 7.23. The minimum atomic E-state index is 0.136. The number of phenols is 1. The first-order valence-electron chi connectivity index (χ1n) is 9.54. The van der Waals surface area contributed by atoms with E-state index in [1.54, 1.807) is 13.2 Å². The highest BCUT2D eigenvalue weighted by Crippen LogP contribution is 2.43. The van der Waals surface area contributed by atoms with Crippen molar-refractivity contribution in [3.05, 3.63) is 59.7 Å². The third-order valence-corrected chi connectivity index (χ3v) is 5.56. The summed E-state index contributed by atoms with van der Waals surface area (Å²) in [7, 11) is 3.69. The number of rotatable bonds is 5. The lowest BCUT2D eigenvalue weighted by atomic mass is 9.94. The largest absolute Gasteiger partial charge is 0.507 e. The van der Waals surface area contributed by atoms with Gasteiger partial charge in [-0.1, -0.05) is 24.3 Å². The Morgan fingerprint density at radius 1 is 1.07 bits per heavy atom. The lowest BCUT2D eigenvalue weighted by molar-refractivity contribution is 0.289. The molecule has 1 heterocycles. The Kier molecular flexibility index (Phi) is 4.73. The molecule has 3 aromatic carbocycles. The molecule has 4 heteroatoms. The maximum Gasteiger partial charge on any atom is 0.125 e. The Morgan fingerprint density at radius 2 is 1.86 bits per heavy atom. The molecule has 4 aromatic rings. The van der Waals surface area contributed by atoms with Gasteiger partial charge < -0.3 is 19.5 Å². The molecule has 0 aliphatic carbocycles. The van der Waals surface area contributed by atoms with E-state index in [0.29, 0.717) is 6.42 Å². The van der Waals surface area contributed by atoms with Crippen molar-refractivity contribution < 1.29 is 14.9 Å². The Morgan fingerprint density at radius 3 is 2.61 bits per heavy atom. The van der Waals surface area contributed by atoms with E-state index < -0.39 is 0 Å². The van der Waals surface area contributed by atoms with Crippen LogP contribution in [0.3, 0.4) is 0 Å². The third kappa shape index (κ3) is 2.81. The van der Waals surface area contributed by atoms with Gasteiger partial charge in [-0.05, 0) is 65.9 Å². The maximum atomic E-state index is 10.9. The van der Waals surface area contributed by atoms with Crippen LogP contribution in [0.5, 0.6) is 11.5 Å². The van der Waals surface area contributed by atoms with E-state index in [9.17, 15) is 10.2 Å². The first-order valence-corrected chi connectivity index (χ1v) is 9.54. The molecule has 0 saturated carbocycles. The number of aromatic nitrogens is 1. The molecule has 0 fully saturated rings. The quantitative estimate of drug-likeness (QED) is 0.519. The summed E-state index contributed by atoms with van der Waals surface area (Å²) in [5, 5.41) is 23.5. The predicted molar refractivity (Wildman–Crippen MR) is 114 cm³/mol. The lowest BCUT2D eigenvalue weighted by Gasteiger charge is -2.14. The van der Waals surface area contributed by atoms with Crippen LogP contribution in [0.4, 0.5) is 0 Å². The molecule has 4 nitrogen and oxygen atoms in total. The Bertz CT molecular complexity index is 1170. The van der Waals surface area contributed by atoms with Crippen molar-refractivity contribution in [2.45, 2.75) is 19.8 Å². The number of hydrogen-bond acceptors (Lipinski definition) is 3. The van der Waals surface area contributed by atoms with Gasteiger partial charge in [-0.25, -0.2) is 0 Å². The van der Waals surface area contributed by atoms with Crippen molar-refractivity contribution in [2.75, 3.05) is 13.7 Å². The van der Waals surface area contributed by atoms with Crippen LogP contribution in [0, 0.1) is 6.92 Å². The van der Waals surface area contributed by atoms with Gasteiger partial charge in [0.25, 0.3) is 0 Å². The van der Waals surface area contributed by atoms with Crippen LogP contribution < -0.4 is 4.74 Å². The zero-order valence-electron chi connectivity index (χ0n) is 16.5. The number of aliphatic hydroxyl groups excluding tert-OH is 1. The first-order chi connectivity index (χ1) is 13.6. The Balaban J connectivity index is 2.14. The Labute approximate surface area is 164 Å². The van der Waals surface area contributed by atoms with Gasteiger partial charge >= 0.3 is 0 Å². The standard InChI is InChI=1S/C24H25NO3/c1-15-6-4-8-20-22(15)18(7-5-13-26)24(25(20)2)23-19-14-17(28-3)11-9-16(19)10-12-21(23)27/h4,6,8-12,14,26-27H,5,7,13H2,1-3H3. The minimum absolute atomic E-state index is 0.136. The zero-order valence-corrected chi connectivity index (χ0v) is 16.5. The van der Waals surface area contributed by atoms with Crippen LogP contribution >= 0.6 is 0 Å². The molecule has 28 heavy (non-hydrogen) atoms. The molecule has 144 valence electrons. The molecule has 0 aliphatic heterocycles. The molecule has 0 radical (unpaired) electrons. The van der Waals surface area contributed by atoms with E-state index in [-0.39, 0.29) is 12.4 Å². The number of methoxy groups -OCH3 is 1. The van der Waals surface area contributed by atoms with E-state index in [0.717, 1.165) is 45.3 Å². The zero-order chi connectivity index (χ0) is 19.8.